The van der Waals surface area contributed by atoms with Gasteiger partial charge in [-0.15, -0.1) is 0 Å². The molecule has 0 fully saturated rings. The number of alkyl halides is 6. The van der Waals surface area contributed by atoms with E-state index < -0.39 is 42.7 Å². The van der Waals surface area contributed by atoms with Gasteiger partial charge in [0, 0.05) is 4.47 Å². The van der Waals surface area contributed by atoms with Crippen molar-refractivity contribution in [1.29, 1.82) is 0 Å². The smallest absolute Gasteiger partial charge is 0.343 e. The van der Waals surface area contributed by atoms with E-state index in [2.05, 4.69) is 21.2 Å². The summed E-state index contributed by atoms with van der Waals surface area (Å²) in [4.78, 5) is 23.9. The molecule has 0 aliphatic carbocycles. The summed E-state index contributed by atoms with van der Waals surface area (Å²) < 4.78 is 78.7. The topological polar surface area (TPSA) is 58.2 Å². The number of carbonyl (C=O) groups is 2. The second-order valence-corrected chi connectivity index (χ2v) is 9.48. The Hall–Kier alpha value is -1.95. The van der Waals surface area contributed by atoms with E-state index in [0.29, 0.717) is 0 Å². The molecule has 0 saturated heterocycles. The van der Waals surface area contributed by atoms with Crippen LogP contribution in [0, 0.1) is 0 Å². The number of hydrogen-bond acceptors (Lipinski definition) is 2. The van der Waals surface area contributed by atoms with Crippen LogP contribution in [-0.4, -0.2) is 36.8 Å². The van der Waals surface area contributed by atoms with Crippen molar-refractivity contribution in [2.75, 3.05) is 6.54 Å². The van der Waals surface area contributed by atoms with E-state index in [-0.39, 0.29) is 36.2 Å². The summed E-state index contributed by atoms with van der Waals surface area (Å²) in [5, 5.41) is 3.52. The number of halogens is 10. The standard InChI is InChI=1S/C22H16BrCl3F6N2O2/c1-10(21(27,28)29)34-18(35)9-33-20(36)13-4-2-11(6-15(13)23)3-5-14(22(30,31)32)12-7-16(24)19(26)17(25)8-12/h2-8,10,14H,9H2,1H3,(H,33,36)(H,34,35)/b5-3+. The molecule has 2 rings (SSSR count). The normalized spacial score (nSPS) is 14.0. The summed E-state index contributed by atoms with van der Waals surface area (Å²) in [6, 6.07) is 4.00. The van der Waals surface area contributed by atoms with Gasteiger partial charge in [0.05, 0.1) is 33.1 Å². The Morgan fingerprint density at radius 3 is 2.08 bits per heavy atom. The molecule has 4 nitrogen and oxygen atoms in total. The van der Waals surface area contributed by atoms with E-state index in [0.717, 1.165) is 25.1 Å². The number of allylic oxidation sites excluding steroid dienone is 1. The Kier molecular flexibility index (Phi) is 10.1. The minimum atomic E-state index is -4.68. The minimum absolute atomic E-state index is 0.00690. The van der Waals surface area contributed by atoms with Crippen LogP contribution in [0.1, 0.15) is 34.3 Å². The van der Waals surface area contributed by atoms with Gasteiger partial charge in [-0.1, -0.05) is 53.0 Å². The molecule has 2 amide bonds. The van der Waals surface area contributed by atoms with Gasteiger partial charge in [-0.25, -0.2) is 0 Å². The third kappa shape index (κ3) is 8.29. The molecule has 36 heavy (non-hydrogen) atoms. The van der Waals surface area contributed by atoms with Gasteiger partial charge >= 0.3 is 12.4 Å². The molecule has 196 valence electrons. The third-order valence-electron chi connectivity index (χ3n) is 4.71. The Bertz CT molecular complexity index is 1150. The van der Waals surface area contributed by atoms with E-state index in [1.807, 2.05) is 0 Å². The van der Waals surface area contributed by atoms with Crippen LogP contribution in [0.2, 0.25) is 15.1 Å². The average molecular weight is 641 g/mol. The molecule has 2 N–H and O–H groups in total. The van der Waals surface area contributed by atoms with Crippen molar-refractivity contribution in [3.63, 3.8) is 0 Å². The largest absolute Gasteiger partial charge is 0.408 e. The van der Waals surface area contributed by atoms with Crippen LogP contribution in [0.15, 0.2) is 40.9 Å². The predicted molar refractivity (Wildman–Crippen MR) is 129 cm³/mol. The van der Waals surface area contributed by atoms with E-state index in [4.69, 9.17) is 34.8 Å². The van der Waals surface area contributed by atoms with Crippen LogP contribution in [0.25, 0.3) is 6.08 Å². The summed E-state index contributed by atoms with van der Waals surface area (Å²) in [7, 11) is 0. The van der Waals surface area contributed by atoms with Crippen LogP contribution in [0.3, 0.4) is 0 Å². The van der Waals surface area contributed by atoms with E-state index >= 15 is 0 Å². The van der Waals surface area contributed by atoms with Crippen molar-refractivity contribution in [3.8, 4) is 0 Å². The fourth-order valence-corrected chi connectivity index (χ4v) is 4.01. The molecule has 2 aromatic carbocycles. The maximum absolute atomic E-state index is 13.7. The lowest BCUT2D eigenvalue weighted by Gasteiger charge is -2.18. The van der Waals surface area contributed by atoms with Gasteiger partial charge in [0.1, 0.15) is 6.04 Å². The maximum atomic E-state index is 13.7. The van der Waals surface area contributed by atoms with Crippen molar-refractivity contribution in [2.24, 2.45) is 0 Å². The molecular formula is C22H16BrCl3F6N2O2. The lowest BCUT2D eigenvalue weighted by Crippen LogP contribution is -2.47. The van der Waals surface area contributed by atoms with Crippen molar-refractivity contribution in [2.45, 2.75) is 31.2 Å². The molecule has 2 aromatic rings. The van der Waals surface area contributed by atoms with Gasteiger partial charge in [0.15, 0.2) is 0 Å². The molecule has 14 heteroatoms. The summed E-state index contributed by atoms with van der Waals surface area (Å²) in [5.41, 5.74) is 0.0642. The Morgan fingerprint density at radius 2 is 1.58 bits per heavy atom. The molecule has 0 aliphatic rings. The van der Waals surface area contributed by atoms with Crippen LogP contribution in [0.5, 0.6) is 0 Å². The number of hydrogen-bond donors (Lipinski definition) is 2. The lowest BCUT2D eigenvalue weighted by atomic mass is 9.97. The van der Waals surface area contributed by atoms with Crippen molar-refractivity contribution in [1.82, 2.24) is 10.6 Å². The Labute approximate surface area is 225 Å². The van der Waals surface area contributed by atoms with Crippen molar-refractivity contribution < 1.29 is 35.9 Å². The molecule has 0 radical (unpaired) electrons. The average Bonchev–Trinajstić information content (AvgIpc) is 2.74. The summed E-state index contributed by atoms with van der Waals surface area (Å²) >= 11 is 20.7. The first kappa shape index (κ1) is 30.3. The monoisotopic (exact) mass is 638 g/mol. The number of carbonyl (C=O) groups excluding carboxylic acids is 2. The van der Waals surface area contributed by atoms with Gasteiger partial charge in [-0.2, -0.15) is 26.3 Å². The van der Waals surface area contributed by atoms with E-state index in [1.165, 1.54) is 24.3 Å². The molecule has 2 atom stereocenters. The fourth-order valence-electron chi connectivity index (χ4n) is 2.82. The SMILES string of the molecule is CC(NC(=O)CNC(=O)c1ccc(/C=C/C(c2cc(Cl)c(Cl)c(Cl)c2)C(F)(F)F)cc1Br)C(F)(F)F. The van der Waals surface area contributed by atoms with Gasteiger partial charge < -0.3 is 10.6 Å². The lowest BCUT2D eigenvalue weighted by molar-refractivity contribution is -0.157. The molecule has 0 saturated carbocycles. The number of nitrogens with one attached hydrogen (secondary N) is 2. The van der Waals surface area contributed by atoms with E-state index in [9.17, 15) is 35.9 Å². The maximum Gasteiger partial charge on any atom is 0.408 e. The fraction of sp³-hybridized carbons (Fsp3) is 0.273. The third-order valence-corrected chi connectivity index (χ3v) is 6.57. The number of amides is 2. The quantitative estimate of drug-likeness (QED) is 0.243. The molecule has 2 unspecified atom stereocenters. The zero-order chi connectivity index (χ0) is 27.4. The Morgan fingerprint density at radius 1 is 1.00 bits per heavy atom. The van der Waals surface area contributed by atoms with Crippen molar-refractivity contribution >= 4 is 68.6 Å². The molecule has 0 aliphatic heterocycles. The van der Waals surface area contributed by atoms with Crippen LogP contribution >= 0.6 is 50.7 Å². The number of benzene rings is 2. The highest BCUT2D eigenvalue weighted by Crippen LogP contribution is 2.41. The van der Waals surface area contributed by atoms with E-state index in [1.54, 1.807) is 5.32 Å². The predicted octanol–water partition coefficient (Wildman–Crippen LogP) is 7.57. The summed E-state index contributed by atoms with van der Waals surface area (Å²) in [6.07, 6.45) is -7.27. The zero-order valence-corrected chi connectivity index (χ0v) is 21.9. The minimum Gasteiger partial charge on any atom is -0.343 e. The van der Waals surface area contributed by atoms with Gasteiger partial charge in [0.25, 0.3) is 5.91 Å². The first-order valence-electron chi connectivity index (χ1n) is 9.84. The zero-order valence-electron chi connectivity index (χ0n) is 18.0. The summed E-state index contributed by atoms with van der Waals surface area (Å²) in [6.45, 7) is 0.0365. The number of rotatable bonds is 7. The highest BCUT2D eigenvalue weighted by atomic mass is 79.9. The summed E-state index contributed by atoms with van der Waals surface area (Å²) in [5.74, 6) is -3.90. The molecule has 0 aromatic heterocycles. The van der Waals surface area contributed by atoms with Crippen LogP contribution in [0.4, 0.5) is 26.3 Å². The van der Waals surface area contributed by atoms with Crippen molar-refractivity contribution in [3.05, 3.63) is 72.6 Å². The molecule has 0 spiro atoms. The first-order valence-corrected chi connectivity index (χ1v) is 11.8. The van der Waals surface area contributed by atoms with Gasteiger partial charge in [0.2, 0.25) is 5.91 Å². The highest BCUT2D eigenvalue weighted by molar-refractivity contribution is 9.10. The second kappa shape index (κ2) is 12.1. The second-order valence-electron chi connectivity index (χ2n) is 7.43. The van der Waals surface area contributed by atoms with Gasteiger partial charge in [-0.05, 0) is 58.2 Å². The first-order chi connectivity index (χ1) is 16.5. The molecule has 0 heterocycles. The van der Waals surface area contributed by atoms with Crippen LogP contribution in [-0.2, 0) is 4.79 Å². The highest BCUT2D eigenvalue weighted by Gasteiger charge is 2.39. The molecule has 0 bridgehead atoms. The van der Waals surface area contributed by atoms with Crippen LogP contribution < -0.4 is 10.6 Å². The molecular weight excluding hydrogens is 625 g/mol. The van der Waals surface area contributed by atoms with Gasteiger partial charge in [-0.3, -0.25) is 9.59 Å². The Balaban J connectivity index is 2.15.